The quantitative estimate of drug-likeness (QED) is 0.829. The molecule has 0 spiro atoms. The van der Waals surface area contributed by atoms with Gasteiger partial charge in [0.25, 0.3) is 0 Å². The summed E-state index contributed by atoms with van der Waals surface area (Å²) in [6, 6.07) is 4.06. The van der Waals surface area contributed by atoms with Crippen LogP contribution in [0.25, 0.3) is 0 Å². The van der Waals surface area contributed by atoms with Gasteiger partial charge >= 0.3 is 0 Å². The van der Waals surface area contributed by atoms with E-state index in [4.69, 9.17) is 11.6 Å². The molecule has 3 heteroatoms. The van der Waals surface area contributed by atoms with Crippen LogP contribution in [0.3, 0.4) is 0 Å². The third-order valence-electron chi connectivity index (χ3n) is 3.22. The highest BCUT2D eigenvalue weighted by atomic mass is 35.5. The number of hydrogen-bond donors (Lipinski definition) is 1. The Morgan fingerprint density at radius 3 is 2.88 bits per heavy atom. The second-order valence-corrected chi connectivity index (χ2v) is 4.74. The van der Waals surface area contributed by atoms with Crippen molar-refractivity contribution in [2.75, 3.05) is 6.54 Å². The summed E-state index contributed by atoms with van der Waals surface area (Å²) in [6.07, 6.45) is 4.26. The van der Waals surface area contributed by atoms with E-state index in [1.165, 1.54) is 12.8 Å². The normalized spacial score (nSPS) is 21.1. The zero-order valence-electron chi connectivity index (χ0n) is 9.52. The summed E-state index contributed by atoms with van der Waals surface area (Å²) in [7, 11) is 0. The number of nitrogens with one attached hydrogen (secondary N) is 1. The van der Waals surface area contributed by atoms with Gasteiger partial charge in [-0.25, -0.2) is 4.39 Å². The smallest absolute Gasteiger partial charge is 0.144 e. The van der Waals surface area contributed by atoms with Gasteiger partial charge in [-0.2, -0.15) is 0 Å². The van der Waals surface area contributed by atoms with Gasteiger partial charge < -0.3 is 5.32 Å². The van der Waals surface area contributed by atoms with Crippen LogP contribution in [0.5, 0.6) is 0 Å². The summed E-state index contributed by atoms with van der Waals surface area (Å²) in [6.45, 7) is 2.99. The summed E-state index contributed by atoms with van der Waals surface area (Å²) in [5, 5.41) is 3.70. The molecule has 1 heterocycles. The van der Waals surface area contributed by atoms with E-state index >= 15 is 0 Å². The monoisotopic (exact) mass is 241 g/mol. The highest BCUT2D eigenvalue weighted by Gasteiger charge is 2.17. The fourth-order valence-corrected chi connectivity index (χ4v) is 2.51. The molecule has 1 N–H and O–H groups in total. The standard InChI is InChI=1S/C13H17ClFN/c1-2-9-7-10(8-11(14)13(9)15)12-5-3-4-6-16-12/h7-8,12,16H,2-6H2,1H3. The number of hydrogen-bond acceptors (Lipinski definition) is 1. The van der Waals surface area contributed by atoms with E-state index in [-0.39, 0.29) is 10.8 Å². The molecule has 1 atom stereocenters. The average molecular weight is 242 g/mol. The van der Waals surface area contributed by atoms with E-state index in [1.807, 2.05) is 13.0 Å². The van der Waals surface area contributed by atoms with Gasteiger partial charge in [0.2, 0.25) is 0 Å². The first-order valence-corrected chi connectivity index (χ1v) is 6.31. The maximum atomic E-state index is 13.6. The Bertz CT molecular complexity index is 372. The fraction of sp³-hybridized carbons (Fsp3) is 0.538. The molecule has 2 rings (SSSR count). The Morgan fingerprint density at radius 2 is 2.25 bits per heavy atom. The lowest BCUT2D eigenvalue weighted by Gasteiger charge is -2.24. The molecule has 1 saturated heterocycles. The topological polar surface area (TPSA) is 12.0 Å². The molecule has 0 radical (unpaired) electrons. The first-order chi connectivity index (χ1) is 7.72. The molecule has 16 heavy (non-hydrogen) atoms. The van der Waals surface area contributed by atoms with Crippen molar-refractivity contribution in [3.63, 3.8) is 0 Å². The minimum Gasteiger partial charge on any atom is -0.310 e. The van der Waals surface area contributed by atoms with Crippen molar-refractivity contribution in [2.24, 2.45) is 0 Å². The van der Waals surface area contributed by atoms with E-state index in [9.17, 15) is 4.39 Å². The van der Waals surface area contributed by atoms with Crippen LogP contribution >= 0.6 is 11.6 Å². The van der Waals surface area contributed by atoms with E-state index < -0.39 is 0 Å². The summed E-state index contributed by atoms with van der Waals surface area (Å²) in [4.78, 5) is 0. The van der Waals surface area contributed by atoms with Crippen LogP contribution in [0.4, 0.5) is 4.39 Å². The number of piperidine rings is 1. The molecule has 1 aliphatic heterocycles. The van der Waals surface area contributed by atoms with Gasteiger partial charge in [-0.15, -0.1) is 0 Å². The van der Waals surface area contributed by atoms with Crippen LogP contribution in [-0.2, 0) is 6.42 Å². The summed E-state index contributed by atoms with van der Waals surface area (Å²) in [5.74, 6) is -0.260. The van der Waals surface area contributed by atoms with Crippen molar-refractivity contribution < 1.29 is 4.39 Å². The fourth-order valence-electron chi connectivity index (χ4n) is 2.26. The van der Waals surface area contributed by atoms with Crippen LogP contribution in [-0.4, -0.2) is 6.54 Å². The molecule has 1 aliphatic rings. The first kappa shape index (κ1) is 11.9. The highest BCUT2D eigenvalue weighted by Crippen LogP contribution is 2.28. The molecule has 1 aromatic carbocycles. The minimum atomic E-state index is -0.260. The number of benzene rings is 1. The maximum absolute atomic E-state index is 13.6. The molecule has 0 saturated carbocycles. The Balaban J connectivity index is 2.29. The van der Waals surface area contributed by atoms with E-state index in [0.29, 0.717) is 12.5 Å². The number of rotatable bonds is 2. The van der Waals surface area contributed by atoms with Crippen molar-refractivity contribution in [1.29, 1.82) is 0 Å². The van der Waals surface area contributed by atoms with Gasteiger partial charge in [-0.1, -0.05) is 31.0 Å². The number of aryl methyl sites for hydroxylation is 1. The van der Waals surface area contributed by atoms with E-state index in [2.05, 4.69) is 5.32 Å². The van der Waals surface area contributed by atoms with Crippen molar-refractivity contribution in [2.45, 2.75) is 38.6 Å². The summed E-state index contributed by atoms with van der Waals surface area (Å²) >= 11 is 5.91. The average Bonchev–Trinajstić information content (AvgIpc) is 2.33. The van der Waals surface area contributed by atoms with Gasteiger partial charge in [-0.3, -0.25) is 0 Å². The van der Waals surface area contributed by atoms with Crippen LogP contribution in [0.1, 0.15) is 43.4 Å². The predicted molar refractivity (Wildman–Crippen MR) is 65.4 cm³/mol. The molecule has 1 unspecified atom stereocenters. The zero-order valence-corrected chi connectivity index (χ0v) is 10.3. The maximum Gasteiger partial charge on any atom is 0.144 e. The third-order valence-corrected chi connectivity index (χ3v) is 3.49. The Morgan fingerprint density at radius 1 is 1.44 bits per heavy atom. The van der Waals surface area contributed by atoms with Crippen molar-refractivity contribution >= 4 is 11.6 Å². The SMILES string of the molecule is CCc1cc(C2CCCCN2)cc(Cl)c1F. The lowest BCUT2D eigenvalue weighted by atomic mass is 9.95. The van der Waals surface area contributed by atoms with Gasteiger partial charge in [0.1, 0.15) is 5.82 Å². The van der Waals surface area contributed by atoms with Gasteiger partial charge in [0.05, 0.1) is 5.02 Å². The molecule has 1 nitrogen and oxygen atoms in total. The molecular formula is C13H17ClFN. The van der Waals surface area contributed by atoms with Gasteiger partial charge in [-0.05, 0) is 43.0 Å². The van der Waals surface area contributed by atoms with Gasteiger partial charge in [0, 0.05) is 6.04 Å². The van der Waals surface area contributed by atoms with Crippen molar-refractivity contribution in [3.8, 4) is 0 Å². The molecule has 1 aromatic rings. The molecule has 88 valence electrons. The highest BCUT2D eigenvalue weighted by molar-refractivity contribution is 6.30. The van der Waals surface area contributed by atoms with Gasteiger partial charge in [0.15, 0.2) is 0 Å². The first-order valence-electron chi connectivity index (χ1n) is 5.93. The van der Waals surface area contributed by atoms with Crippen molar-refractivity contribution in [1.82, 2.24) is 5.32 Å². The summed E-state index contributed by atoms with van der Waals surface area (Å²) in [5.41, 5.74) is 1.85. The van der Waals surface area contributed by atoms with Crippen molar-refractivity contribution in [3.05, 3.63) is 34.1 Å². The number of halogens is 2. The lowest BCUT2D eigenvalue weighted by Crippen LogP contribution is -2.26. The molecule has 0 aromatic heterocycles. The molecule has 0 amide bonds. The van der Waals surface area contributed by atoms with Crippen LogP contribution in [0.2, 0.25) is 5.02 Å². The largest absolute Gasteiger partial charge is 0.310 e. The summed E-state index contributed by atoms with van der Waals surface area (Å²) < 4.78 is 13.6. The molecular weight excluding hydrogens is 225 g/mol. The van der Waals surface area contributed by atoms with Crippen LogP contribution in [0, 0.1) is 5.82 Å². The van der Waals surface area contributed by atoms with E-state index in [0.717, 1.165) is 24.1 Å². The van der Waals surface area contributed by atoms with Crippen LogP contribution < -0.4 is 5.32 Å². The second kappa shape index (κ2) is 5.15. The Labute approximate surface area is 101 Å². The third kappa shape index (κ3) is 2.38. The Hall–Kier alpha value is -0.600. The molecule has 0 bridgehead atoms. The molecule has 0 aliphatic carbocycles. The van der Waals surface area contributed by atoms with E-state index in [1.54, 1.807) is 6.07 Å². The predicted octanol–water partition coefficient (Wildman–Crippen LogP) is 3.86. The lowest BCUT2D eigenvalue weighted by molar-refractivity contribution is 0.411. The minimum absolute atomic E-state index is 0.252. The Kier molecular flexibility index (Phi) is 3.82. The molecule has 1 fully saturated rings. The second-order valence-electron chi connectivity index (χ2n) is 4.33. The zero-order chi connectivity index (χ0) is 11.5. The van der Waals surface area contributed by atoms with Crippen LogP contribution in [0.15, 0.2) is 12.1 Å².